The van der Waals surface area contributed by atoms with Gasteiger partial charge < -0.3 is 15.3 Å². The van der Waals surface area contributed by atoms with Crippen molar-refractivity contribution in [3.05, 3.63) is 0 Å². The van der Waals surface area contributed by atoms with Crippen molar-refractivity contribution in [1.82, 2.24) is 15.1 Å². The lowest BCUT2D eigenvalue weighted by molar-refractivity contribution is -0.138. The van der Waals surface area contributed by atoms with Gasteiger partial charge in [-0.1, -0.05) is 26.7 Å². The number of aliphatic carboxylic acids is 1. The summed E-state index contributed by atoms with van der Waals surface area (Å²) in [6.45, 7) is 7.03. The third-order valence-corrected chi connectivity index (χ3v) is 5.03. The van der Waals surface area contributed by atoms with Gasteiger partial charge in [0.2, 0.25) is 0 Å². The van der Waals surface area contributed by atoms with Gasteiger partial charge in [-0.3, -0.25) is 9.69 Å². The van der Waals surface area contributed by atoms with Crippen LogP contribution in [-0.2, 0) is 4.79 Å². The largest absolute Gasteiger partial charge is 0.480 e. The molecule has 1 saturated heterocycles. The van der Waals surface area contributed by atoms with Gasteiger partial charge in [0.05, 0.1) is 6.54 Å². The molecule has 0 bridgehead atoms. The van der Waals surface area contributed by atoms with Gasteiger partial charge in [0.1, 0.15) is 0 Å². The van der Waals surface area contributed by atoms with E-state index < -0.39 is 5.97 Å². The molecule has 1 heterocycles. The highest BCUT2D eigenvalue weighted by molar-refractivity contribution is 5.74. The molecule has 0 aromatic rings. The highest BCUT2D eigenvalue weighted by Crippen LogP contribution is 2.29. The van der Waals surface area contributed by atoms with Crippen LogP contribution in [0.4, 0.5) is 4.79 Å². The highest BCUT2D eigenvalue weighted by atomic mass is 16.4. The maximum atomic E-state index is 12.3. The molecular weight excluding hydrogens is 270 g/mol. The number of nitrogens with one attached hydrogen (secondary N) is 1. The first-order valence-corrected chi connectivity index (χ1v) is 7.97. The third kappa shape index (κ3) is 4.33. The molecule has 21 heavy (non-hydrogen) atoms. The van der Waals surface area contributed by atoms with E-state index in [1.165, 1.54) is 12.8 Å². The lowest BCUT2D eigenvalue weighted by Crippen LogP contribution is -2.55. The number of amides is 2. The van der Waals surface area contributed by atoms with E-state index in [0.29, 0.717) is 38.0 Å². The van der Waals surface area contributed by atoms with Crippen LogP contribution in [0.25, 0.3) is 0 Å². The van der Waals surface area contributed by atoms with Crippen molar-refractivity contribution in [2.75, 3.05) is 32.7 Å². The zero-order valence-corrected chi connectivity index (χ0v) is 13.0. The molecule has 0 spiro atoms. The Morgan fingerprint density at radius 1 is 1.14 bits per heavy atom. The minimum absolute atomic E-state index is 0.0101. The number of nitrogens with zero attached hydrogens (tertiary/aromatic N) is 2. The quantitative estimate of drug-likeness (QED) is 0.821. The van der Waals surface area contributed by atoms with Gasteiger partial charge >= 0.3 is 12.0 Å². The van der Waals surface area contributed by atoms with Crippen LogP contribution >= 0.6 is 0 Å². The molecule has 0 aromatic heterocycles. The molecule has 1 aliphatic heterocycles. The van der Waals surface area contributed by atoms with Crippen LogP contribution in [0.15, 0.2) is 0 Å². The van der Waals surface area contributed by atoms with E-state index in [4.69, 9.17) is 5.11 Å². The minimum Gasteiger partial charge on any atom is -0.480 e. The Kier molecular flexibility index (Phi) is 5.45. The zero-order chi connectivity index (χ0) is 15.4. The lowest BCUT2D eigenvalue weighted by Gasteiger charge is -2.38. The number of piperazine rings is 1. The molecule has 2 aliphatic rings. The van der Waals surface area contributed by atoms with Crippen LogP contribution in [0.1, 0.15) is 33.1 Å². The Bertz CT molecular complexity index is 380. The first-order valence-electron chi connectivity index (χ1n) is 7.97. The topological polar surface area (TPSA) is 72.9 Å². The van der Waals surface area contributed by atoms with Gasteiger partial charge in [0.15, 0.2) is 0 Å². The van der Waals surface area contributed by atoms with Gasteiger partial charge in [0, 0.05) is 32.2 Å². The molecule has 2 fully saturated rings. The first kappa shape index (κ1) is 16.1. The fourth-order valence-corrected chi connectivity index (χ4v) is 3.34. The molecule has 2 N–H and O–H groups in total. The van der Waals surface area contributed by atoms with Crippen molar-refractivity contribution < 1.29 is 14.7 Å². The summed E-state index contributed by atoms with van der Waals surface area (Å²) in [4.78, 5) is 26.7. The van der Waals surface area contributed by atoms with Crippen molar-refractivity contribution in [2.24, 2.45) is 11.8 Å². The zero-order valence-electron chi connectivity index (χ0n) is 13.0. The van der Waals surface area contributed by atoms with E-state index in [1.54, 1.807) is 0 Å². The number of hydrogen-bond acceptors (Lipinski definition) is 3. The Morgan fingerprint density at radius 3 is 2.43 bits per heavy atom. The van der Waals surface area contributed by atoms with E-state index in [-0.39, 0.29) is 18.6 Å². The highest BCUT2D eigenvalue weighted by Gasteiger charge is 2.30. The summed E-state index contributed by atoms with van der Waals surface area (Å²) < 4.78 is 0. The van der Waals surface area contributed by atoms with Gasteiger partial charge in [0.25, 0.3) is 0 Å². The van der Waals surface area contributed by atoms with E-state index in [2.05, 4.69) is 19.2 Å². The molecule has 1 saturated carbocycles. The summed E-state index contributed by atoms with van der Waals surface area (Å²) in [5, 5.41) is 12.0. The van der Waals surface area contributed by atoms with Crippen LogP contribution in [0.5, 0.6) is 0 Å². The Hall–Kier alpha value is -1.30. The smallest absolute Gasteiger partial charge is 0.317 e. The summed E-state index contributed by atoms with van der Waals surface area (Å²) in [7, 11) is 0. The molecule has 6 nitrogen and oxygen atoms in total. The maximum Gasteiger partial charge on any atom is 0.317 e. The second-order valence-corrected chi connectivity index (χ2v) is 6.48. The van der Waals surface area contributed by atoms with E-state index in [9.17, 15) is 9.59 Å². The number of hydrogen-bond donors (Lipinski definition) is 2. The van der Waals surface area contributed by atoms with Crippen LogP contribution in [-0.4, -0.2) is 65.7 Å². The van der Waals surface area contributed by atoms with Crippen LogP contribution in [0.3, 0.4) is 0 Å². The van der Waals surface area contributed by atoms with Crippen LogP contribution < -0.4 is 5.32 Å². The SMILES string of the molecule is CC1CCCC(NC(=O)N2CCN(CC(=O)O)CC2)C1C. The van der Waals surface area contributed by atoms with Gasteiger partial charge in [-0.2, -0.15) is 0 Å². The fraction of sp³-hybridized carbons (Fsp3) is 0.867. The second kappa shape index (κ2) is 7.11. The summed E-state index contributed by atoms with van der Waals surface area (Å²) in [6, 6.07) is 0.286. The Labute approximate surface area is 126 Å². The molecule has 2 amide bonds. The molecule has 0 aromatic carbocycles. The number of carbonyl (C=O) groups excluding carboxylic acids is 1. The molecule has 6 heteroatoms. The standard InChI is InChI=1S/C15H27N3O3/c1-11-4-3-5-13(12(11)2)16-15(21)18-8-6-17(7-9-18)10-14(19)20/h11-13H,3-10H2,1-2H3,(H,16,21)(H,19,20). The van der Waals surface area contributed by atoms with Crippen molar-refractivity contribution in [3.63, 3.8) is 0 Å². The maximum absolute atomic E-state index is 12.3. The summed E-state index contributed by atoms with van der Waals surface area (Å²) >= 11 is 0. The van der Waals surface area contributed by atoms with Crippen molar-refractivity contribution in [3.8, 4) is 0 Å². The Morgan fingerprint density at radius 2 is 1.81 bits per heavy atom. The number of carboxylic acid groups (broad SMARTS) is 1. The van der Waals surface area contributed by atoms with E-state index >= 15 is 0 Å². The molecule has 2 rings (SSSR count). The average Bonchev–Trinajstić information content (AvgIpc) is 2.44. The minimum atomic E-state index is -0.807. The molecular formula is C15H27N3O3. The number of carboxylic acids is 1. The molecule has 0 radical (unpaired) electrons. The predicted molar refractivity (Wildman–Crippen MR) is 80.1 cm³/mol. The average molecular weight is 297 g/mol. The first-order chi connectivity index (χ1) is 9.97. The van der Waals surface area contributed by atoms with Crippen LogP contribution in [0, 0.1) is 11.8 Å². The van der Waals surface area contributed by atoms with Gasteiger partial charge in [-0.05, 0) is 18.3 Å². The summed E-state index contributed by atoms with van der Waals surface area (Å²) in [6.07, 6.45) is 3.50. The molecule has 1 aliphatic carbocycles. The molecule has 120 valence electrons. The van der Waals surface area contributed by atoms with Crippen LogP contribution in [0.2, 0.25) is 0 Å². The van der Waals surface area contributed by atoms with Crippen molar-refractivity contribution in [1.29, 1.82) is 0 Å². The third-order valence-electron chi connectivity index (χ3n) is 5.03. The van der Waals surface area contributed by atoms with E-state index in [1.807, 2.05) is 9.80 Å². The second-order valence-electron chi connectivity index (χ2n) is 6.48. The Balaban J connectivity index is 1.78. The summed E-state index contributed by atoms with van der Waals surface area (Å²) in [5.74, 6) is 0.380. The normalized spacial score (nSPS) is 31.0. The number of urea groups is 1. The van der Waals surface area contributed by atoms with Crippen molar-refractivity contribution in [2.45, 2.75) is 39.2 Å². The van der Waals surface area contributed by atoms with E-state index in [0.717, 1.165) is 6.42 Å². The number of rotatable bonds is 3. The fourth-order valence-electron chi connectivity index (χ4n) is 3.34. The molecule has 3 unspecified atom stereocenters. The number of carbonyl (C=O) groups is 2. The van der Waals surface area contributed by atoms with Gasteiger partial charge in [-0.25, -0.2) is 4.79 Å². The monoisotopic (exact) mass is 297 g/mol. The summed E-state index contributed by atoms with van der Waals surface area (Å²) in [5.41, 5.74) is 0. The predicted octanol–water partition coefficient (Wildman–Crippen LogP) is 1.22. The lowest BCUT2D eigenvalue weighted by atomic mass is 9.78. The molecule has 3 atom stereocenters. The van der Waals surface area contributed by atoms with Crippen molar-refractivity contribution >= 4 is 12.0 Å². The van der Waals surface area contributed by atoms with Gasteiger partial charge in [-0.15, -0.1) is 0 Å².